The molecule has 1 aromatic rings. The van der Waals surface area contributed by atoms with Gasteiger partial charge in [0.05, 0.1) is 12.2 Å². The van der Waals surface area contributed by atoms with E-state index in [9.17, 15) is 4.79 Å². The van der Waals surface area contributed by atoms with Crippen molar-refractivity contribution in [1.29, 1.82) is 0 Å². The fourth-order valence-electron chi connectivity index (χ4n) is 2.48. The molecule has 0 aromatic heterocycles. The molecule has 2 N–H and O–H groups in total. The van der Waals surface area contributed by atoms with Crippen LogP contribution in [0, 0.1) is 10.7 Å². The summed E-state index contributed by atoms with van der Waals surface area (Å²) in [5.41, 5.74) is 0.933. The smallest absolute Gasteiger partial charge is 0.238 e. The molecule has 2 rings (SSSR count). The maximum atomic E-state index is 12.3. The molecule has 1 amide bonds. The van der Waals surface area contributed by atoms with Gasteiger partial charge in [-0.05, 0) is 99.4 Å². The van der Waals surface area contributed by atoms with Gasteiger partial charge < -0.3 is 10.6 Å². The van der Waals surface area contributed by atoms with Crippen LogP contribution in [0.5, 0.6) is 0 Å². The number of hydrogen-bond acceptors (Lipinski definition) is 3. The van der Waals surface area contributed by atoms with Crippen molar-refractivity contribution >= 4 is 79.4 Å². The third-order valence-electron chi connectivity index (χ3n) is 3.57. The summed E-state index contributed by atoms with van der Waals surface area (Å²) in [6.45, 7) is 5.51. The molecule has 1 unspecified atom stereocenters. The Labute approximate surface area is 166 Å². The monoisotopic (exact) mass is 625 g/mol. The number of likely N-dealkylation sites (N-methyl/N-ethyl adjacent to an activating group) is 1. The molecule has 1 atom stereocenters. The number of benzene rings is 1. The van der Waals surface area contributed by atoms with Gasteiger partial charge in [-0.3, -0.25) is 9.69 Å². The van der Waals surface area contributed by atoms with E-state index in [4.69, 9.17) is 0 Å². The maximum Gasteiger partial charge on any atom is 0.238 e. The van der Waals surface area contributed by atoms with E-state index in [-0.39, 0.29) is 5.91 Å². The summed E-state index contributed by atoms with van der Waals surface area (Å²) < 4.78 is 3.36. The fraction of sp³-hybridized carbons (Fsp3) is 0.500. The van der Waals surface area contributed by atoms with Crippen LogP contribution in [0.1, 0.15) is 13.3 Å². The van der Waals surface area contributed by atoms with E-state index in [0.29, 0.717) is 12.6 Å². The molecular weight excluding hydrogens is 607 g/mol. The van der Waals surface area contributed by atoms with Crippen LogP contribution in [-0.2, 0) is 4.79 Å². The van der Waals surface area contributed by atoms with Crippen LogP contribution in [0.4, 0.5) is 5.69 Å². The first-order valence-corrected chi connectivity index (χ1v) is 10.1. The Morgan fingerprint density at radius 2 is 2.05 bits per heavy atom. The van der Waals surface area contributed by atoms with E-state index in [1.165, 1.54) is 3.57 Å². The van der Waals surface area contributed by atoms with Crippen molar-refractivity contribution in [2.45, 2.75) is 19.4 Å². The van der Waals surface area contributed by atoms with Gasteiger partial charge in [0.25, 0.3) is 0 Å². The lowest BCUT2D eigenvalue weighted by Crippen LogP contribution is -2.42. The average molecular weight is 625 g/mol. The molecule has 4 nitrogen and oxygen atoms in total. The van der Waals surface area contributed by atoms with Crippen LogP contribution < -0.4 is 10.6 Å². The topological polar surface area (TPSA) is 44.4 Å². The van der Waals surface area contributed by atoms with Crippen LogP contribution in [0.15, 0.2) is 12.1 Å². The van der Waals surface area contributed by atoms with Gasteiger partial charge >= 0.3 is 0 Å². The average Bonchev–Trinajstić information content (AvgIpc) is 2.94. The second kappa shape index (κ2) is 8.60. The first-order chi connectivity index (χ1) is 10.0. The number of nitrogens with zero attached hydrogens (tertiary/aromatic N) is 1. The van der Waals surface area contributed by atoms with E-state index < -0.39 is 0 Å². The summed E-state index contributed by atoms with van der Waals surface area (Å²) in [7, 11) is 0. The van der Waals surface area contributed by atoms with Crippen molar-refractivity contribution in [1.82, 2.24) is 10.2 Å². The number of halogens is 3. The Morgan fingerprint density at radius 3 is 2.57 bits per heavy atom. The summed E-state index contributed by atoms with van der Waals surface area (Å²) >= 11 is 6.85. The van der Waals surface area contributed by atoms with Gasteiger partial charge in [0, 0.05) is 23.3 Å². The van der Waals surface area contributed by atoms with Crippen molar-refractivity contribution < 1.29 is 4.79 Å². The van der Waals surface area contributed by atoms with Crippen LogP contribution in [0.25, 0.3) is 0 Å². The molecule has 1 aliphatic heterocycles. The highest BCUT2D eigenvalue weighted by Gasteiger charge is 2.23. The fourth-order valence-corrected chi connectivity index (χ4v) is 6.33. The zero-order chi connectivity index (χ0) is 15.4. The van der Waals surface area contributed by atoms with Gasteiger partial charge in [-0.25, -0.2) is 0 Å². The molecule has 0 bridgehead atoms. The molecule has 116 valence electrons. The van der Waals surface area contributed by atoms with E-state index in [1.54, 1.807) is 0 Å². The van der Waals surface area contributed by atoms with Crippen LogP contribution in [0.2, 0.25) is 0 Å². The van der Waals surface area contributed by atoms with Gasteiger partial charge in [0.2, 0.25) is 5.91 Å². The summed E-state index contributed by atoms with van der Waals surface area (Å²) in [5, 5.41) is 6.43. The third kappa shape index (κ3) is 5.15. The van der Waals surface area contributed by atoms with Crippen LogP contribution in [-0.4, -0.2) is 43.0 Å². The molecular formula is C14H18I3N3O. The summed E-state index contributed by atoms with van der Waals surface area (Å²) in [6.07, 6.45) is 1.12. The minimum absolute atomic E-state index is 0.0702. The number of anilines is 1. The first kappa shape index (κ1) is 18.1. The van der Waals surface area contributed by atoms with E-state index in [1.807, 2.05) is 0 Å². The minimum Gasteiger partial charge on any atom is -0.323 e. The summed E-state index contributed by atoms with van der Waals surface area (Å²) in [5.74, 6) is 0.0702. The predicted molar refractivity (Wildman–Crippen MR) is 112 cm³/mol. The van der Waals surface area contributed by atoms with Gasteiger partial charge in [0.15, 0.2) is 0 Å². The molecule has 0 spiro atoms. The Hall–Kier alpha value is 0.800. The number of rotatable bonds is 5. The molecule has 7 heteroatoms. The Bertz CT molecular complexity index is 495. The Kier molecular flexibility index (Phi) is 7.43. The molecule has 1 fully saturated rings. The van der Waals surface area contributed by atoms with Crippen LogP contribution >= 0.6 is 67.8 Å². The van der Waals surface area contributed by atoms with Crippen molar-refractivity contribution in [3.05, 3.63) is 22.8 Å². The third-order valence-corrected chi connectivity index (χ3v) is 5.90. The van der Waals surface area contributed by atoms with Crippen molar-refractivity contribution in [3.8, 4) is 0 Å². The molecule has 1 aliphatic rings. The van der Waals surface area contributed by atoms with Crippen molar-refractivity contribution in [3.63, 3.8) is 0 Å². The molecule has 1 aromatic carbocycles. The summed E-state index contributed by atoms with van der Waals surface area (Å²) in [4.78, 5) is 14.6. The second-order valence-electron chi connectivity index (χ2n) is 5.00. The zero-order valence-electron chi connectivity index (χ0n) is 11.8. The van der Waals surface area contributed by atoms with E-state index in [2.05, 4.69) is 102 Å². The Morgan fingerprint density at radius 1 is 1.38 bits per heavy atom. The van der Waals surface area contributed by atoms with Gasteiger partial charge in [-0.15, -0.1) is 0 Å². The quantitative estimate of drug-likeness (QED) is 0.495. The predicted octanol–water partition coefficient (Wildman–Crippen LogP) is 3.12. The first-order valence-electron chi connectivity index (χ1n) is 6.90. The zero-order valence-corrected chi connectivity index (χ0v) is 18.2. The lowest BCUT2D eigenvalue weighted by Gasteiger charge is -2.26. The highest BCUT2D eigenvalue weighted by Crippen LogP contribution is 2.27. The number of hydrogen-bond donors (Lipinski definition) is 2. The lowest BCUT2D eigenvalue weighted by molar-refractivity contribution is -0.117. The minimum atomic E-state index is 0.0702. The molecule has 0 saturated carbocycles. The number of amides is 1. The number of carbonyl (C=O) groups excluding carboxylic acids is 1. The molecule has 1 heterocycles. The van der Waals surface area contributed by atoms with E-state index >= 15 is 0 Å². The second-order valence-corrected chi connectivity index (χ2v) is 8.57. The van der Waals surface area contributed by atoms with Gasteiger partial charge in [-0.2, -0.15) is 0 Å². The number of carbonyl (C=O) groups is 1. The van der Waals surface area contributed by atoms with Gasteiger partial charge in [0.1, 0.15) is 0 Å². The standard InChI is InChI=1S/C14H18I3N3O/c1-2-20(10-3-4-18-7-10)8-13(21)19-14-11(16)5-9(15)6-12(14)17/h5-6,10,18H,2-4,7-8H2,1H3,(H,19,21). The lowest BCUT2D eigenvalue weighted by atomic mass is 10.2. The highest BCUT2D eigenvalue weighted by atomic mass is 127. The molecule has 0 aliphatic carbocycles. The van der Waals surface area contributed by atoms with Crippen molar-refractivity contribution in [2.24, 2.45) is 0 Å². The normalized spacial score (nSPS) is 18.2. The number of nitrogens with one attached hydrogen (secondary N) is 2. The summed E-state index contributed by atoms with van der Waals surface area (Å²) in [6, 6.07) is 4.64. The van der Waals surface area contributed by atoms with E-state index in [0.717, 1.165) is 38.9 Å². The van der Waals surface area contributed by atoms with Crippen LogP contribution in [0.3, 0.4) is 0 Å². The molecule has 0 radical (unpaired) electrons. The van der Waals surface area contributed by atoms with Crippen molar-refractivity contribution in [2.75, 3.05) is 31.5 Å². The SMILES string of the molecule is CCN(CC(=O)Nc1c(I)cc(I)cc1I)C1CCNC1. The maximum absolute atomic E-state index is 12.3. The largest absolute Gasteiger partial charge is 0.323 e. The highest BCUT2D eigenvalue weighted by molar-refractivity contribution is 14.1. The molecule has 1 saturated heterocycles. The Balaban J connectivity index is 2.01. The molecule has 21 heavy (non-hydrogen) atoms. The van der Waals surface area contributed by atoms with Gasteiger partial charge in [-0.1, -0.05) is 6.92 Å².